The Morgan fingerprint density at radius 3 is 2.69 bits per heavy atom. The second kappa shape index (κ2) is 10.4. The molecule has 5 heterocycles. The summed E-state index contributed by atoms with van der Waals surface area (Å²) in [6, 6.07) is 5.18. The van der Waals surface area contributed by atoms with E-state index in [4.69, 9.17) is 7.85 Å². The van der Waals surface area contributed by atoms with Gasteiger partial charge in [0.1, 0.15) is 17.7 Å². The SMILES string of the molecule is [B][C@@](CCC#N)(Cn1cc(-c2ncnc3[nH]ccc23)cn1)N1CCN(C(=O)c2ccnc(C(F)(F)F)n2)CC1. The van der Waals surface area contributed by atoms with Gasteiger partial charge in [0.25, 0.3) is 5.91 Å². The fraction of sp³-hybridized carbons (Fsp3) is 0.375. The predicted octanol–water partition coefficient (Wildman–Crippen LogP) is 2.26. The van der Waals surface area contributed by atoms with E-state index in [-0.39, 0.29) is 31.7 Å². The van der Waals surface area contributed by atoms with Gasteiger partial charge in [0.15, 0.2) is 0 Å². The summed E-state index contributed by atoms with van der Waals surface area (Å²) in [6.45, 7) is 1.44. The highest BCUT2D eigenvalue weighted by molar-refractivity contribution is 6.15. The van der Waals surface area contributed by atoms with Gasteiger partial charge in [0.05, 0.1) is 32.4 Å². The van der Waals surface area contributed by atoms with Crippen LogP contribution < -0.4 is 0 Å². The Bertz CT molecular complexity index is 1520. The zero-order valence-corrected chi connectivity index (χ0v) is 20.6. The van der Waals surface area contributed by atoms with Crippen LogP contribution in [0.15, 0.2) is 43.2 Å². The number of alkyl halides is 3. The maximum atomic E-state index is 13.0. The second-order valence-electron chi connectivity index (χ2n) is 9.19. The van der Waals surface area contributed by atoms with Gasteiger partial charge < -0.3 is 14.8 Å². The molecule has 5 rings (SSSR count). The number of carbonyl (C=O) groups excluding carboxylic acids is 1. The van der Waals surface area contributed by atoms with Gasteiger partial charge in [-0.25, -0.2) is 19.9 Å². The number of aromatic amines is 1. The molecule has 0 bridgehead atoms. The Kier molecular flexibility index (Phi) is 7.05. The number of nitrogens with one attached hydrogen (secondary N) is 1. The van der Waals surface area contributed by atoms with Gasteiger partial charge in [-0.1, -0.05) is 0 Å². The van der Waals surface area contributed by atoms with Crippen LogP contribution in [-0.2, 0) is 12.7 Å². The average Bonchev–Trinajstić information content (AvgIpc) is 3.61. The Morgan fingerprint density at radius 2 is 1.95 bits per heavy atom. The molecule has 1 amide bonds. The third kappa shape index (κ3) is 5.46. The molecule has 1 aliphatic rings. The van der Waals surface area contributed by atoms with Crippen LogP contribution in [0.25, 0.3) is 22.3 Å². The molecule has 15 heteroatoms. The van der Waals surface area contributed by atoms with Crippen LogP contribution >= 0.6 is 0 Å². The summed E-state index contributed by atoms with van der Waals surface area (Å²) in [5.41, 5.74) is 0.932. The predicted molar refractivity (Wildman–Crippen MR) is 133 cm³/mol. The monoisotopic (exact) mass is 534 g/mol. The lowest BCUT2D eigenvalue weighted by Gasteiger charge is -2.46. The van der Waals surface area contributed by atoms with Gasteiger partial charge in [-0.05, 0) is 18.6 Å². The smallest absolute Gasteiger partial charge is 0.346 e. The maximum Gasteiger partial charge on any atom is 0.451 e. The molecule has 4 aromatic rings. The number of nitriles is 1. The van der Waals surface area contributed by atoms with Crippen molar-refractivity contribution in [1.82, 2.24) is 44.5 Å². The summed E-state index contributed by atoms with van der Waals surface area (Å²) in [4.78, 5) is 34.5. The van der Waals surface area contributed by atoms with Gasteiger partial charge >= 0.3 is 6.18 Å². The third-order valence-electron chi connectivity index (χ3n) is 6.69. The first-order valence-electron chi connectivity index (χ1n) is 12.1. The van der Waals surface area contributed by atoms with Crippen molar-refractivity contribution >= 4 is 24.8 Å². The van der Waals surface area contributed by atoms with Gasteiger partial charge in [-0.3, -0.25) is 9.48 Å². The van der Waals surface area contributed by atoms with E-state index in [1.165, 1.54) is 11.2 Å². The largest absolute Gasteiger partial charge is 0.451 e. The topological polar surface area (TPSA) is 133 Å². The molecule has 198 valence electrons. The van der Waals surface area contributed by atoms with Crippen molar-refractivity contribution in [1.29, 1.82) is 5.26 Å². The standard InChI is InChI=1S/C24H22BF3N10O/c25-23(4-1-5-29,14-38-13-16(12-34-38)19-17-2-6-30-20(17)33-15-32-19)37-10-8-36(9-11-37)21(39)18-3-7-31-22(35-18)24(26,27)28/h2-3,6-7,12-13,15H,1,4,8-11,14H2,(H,30,32,33)/t23-/m1/s1. The number of hydrogen-bond donors (Lipinski definition) is 1. The van der Waals surface area contributed by atoms with E-state index in [0.29, 0.717) is 25.2 Å². The summed E-state index contributed by atoms with van der Waals surface area (Å²) in [6.07, 6.45) is 3.50. The number of H-pyrrole nitrogens is 1. The Balaban J connectivity index is 1.29. The summed E-state index contributed by atoms with van der Waals surface area (Å²) < 4.78 is 40.6. The highest BCUT2D eigenvalue weighted by atomic mass is 19.4. The van der Waals surface area contributed by atoms with Crippen molar-refractivity contribution in [3.8, 4) is 17.3 Å². The Labute approximate surface area is 222 Å². The average molecular weight is 534 g/mol. The normalized spacial score (nSPS) is 16.2. The van der Waals surface area contributed by atoms with Gasteiger partial charge in [0.2, 0.25) is 5.82 Å². The lowest BCUT2D eigenvalue weighted by Crippen LogP contribution is -2.60. The van der Waals surface area contributed by atoms with E-state index in [1.807, 2.05) is 17.2 Å². The van der Waals surface area contributed by atoms with Crippen LogP contribution in [0.1, 0.15) is 29.2 Å². The minimum atomic E-state index is -4.75. The van der Waals surface area contributed by atoms with E-state index >= 15 is 0 Å². The number of rotatable bonds is 7. The Morgan fingerprint density at radius 1 is 1.15 bits per heavy atom. The molecule has 1 atom stereocenters. The lowest BCUT2D eigenvalue weighted by atomic mass is 9.72. The fourth-order valence-electron chi connectivity index (χ4n) is 4.70. The molecule has 0 aliphatic carbocycles. The number of carbonyl (C=O) groups is 1. The molecule has 11 nitrogen and oxygen atoms in total. The Hall–Kier alpha value is -4.32. The molecule has 1 saturated heterocycles. The molecule has 4 aromatic heterocycles. The summed E-state index contributed by atoms with van der Waals surface area (Å²) in [5.74, 6) is -1.97. The van der Waals surface area contributed by atoms with E-state index in [2.05, 4.69) is 36.1 Å². The molecule has 1 aliphatic heterocycles. The third-order valence-corrected chi connectivity index (χ3v) is 6.69. The van der Waals surface area contributed by atoms with Gasteiger partial charge in [-0.2, -0.15) is 23.5 Å². The first kappa shape index (κ1) is 26.3. The number of aromatic nitrogens is 7. The van der Waals surface area contributed by atoms with E-state index in [0.717, 1.165) is 28.9 Å². The minimum Gasteiger partial charge on any atom is -0.346 e. The van der Waals surface area contributed by atoms with Crippen LogP contribution in [0.5, 0.6) is 0 Å². The number of nitrogens with zero attached hydrogens (tertiary/aromatic N) is 9. The number of halogens is 3. The van der Waals surface area contributed by atoms with Gasteiger partial charge in [0, 0.05) is 67.6 Å². The zero-order chi connectivity index (χ0) is 27.6. The number of fused-ring (bicyclic) bond motifs is 1. The molecular weight excluding hydrogens is 512 g/mol. The summed E-state index contributed by atoms with van der Waals surface area (Å²) in [7, 11) is 6.85. The highest BCUT2D eigenvalue weighted by Crippen LogP contribution is 2.28. The van der Waals surface area contributed by atoms with Crippen molar-refractivity contribution in [2.75, 3.05) is 26.2 Å². The number of hydrogen-bond acceptors (Lipinski definition) is 8. The minimum absolute atomic E-state index is 0.209. The van der Waals surface area contributed by atoms with E-state index in [9.17, 15) is 23.2 Å². The van der Waals surface area contributed by atoms with Crippen LogP contribution in [0.4, 0.5) is 13.2 Å². The molecule has 2 radical (unpaired) electrons. The molecule has 1 fully saturated rings. The van der Waals surface area contributed by atoms with Crippen LogP contribution in [-0.4, -0.2) is 89.9 Å². The van der Waals surface area contributed by atoms with Gasteiger partial charge in [-0.15, -0.1) is 0 Å². The number of piperazine rings is 1. The molecule has 0 saturated carbocycles. The molecule has 0 unspecified atom stereocenters. The first-order chi connectivity index (χ1) is 18.7. The van der Waals surface area contributed by atoms with Crippen molar-refractivity contribution < 1.29 is 18.0 Å². The molecule has 1 N–H and O–H groups in total. The molecule has 0 spiro atoms. The fourth-order valence-corrected chi connectivity index (χ4v) is 4.70. The summed E-state index contributed by atoms with van der Waals surface area (Å²) >= 11 is 0. The van der Waals surface area contributed by atoms with Crippen molar-refractivity contribution in [2.24, 2.45) is 0 Å². The quantitative estimate of drug-likeness (QED) is 0.357. The molecular formula is C24H22BF3N10O. The van der Waals surface area contributed by atoms with Crippen molar-refractivity contribution in [3.05, 3.63) is 54.8 Å². The van der Waals surface area contributed by atoms with E-state index in [1.54, 1.807) is 17.1 Å². The highest BCUT2D eigenvalue weighted by Gasteiger charge is 2.37. The lowest BCUT2D eigenvalue weighted by molar-refractivity contribution is -0.145. The van der Waals surface area contributed by atoms with Crippen LogP contribution in [0.3, 0.4) is 0 Å². The first-order valence-corrected chi connectivity index (χ1v) is 12.1. The second-order valence-corrected chi connectivity index (χ2v) is 9.19. The van der Waals surface area contributed by atoms with Crippen molar-refractivity contribution in [3.63, 3.8) is 0 Å². The van der Waals surface area contributed by atoms with Crippen LogP contribution in [0, 0.1) is 11.3 Å². The molecule has 0 aromatic carbocycles. The summed E-state index contributed by atoms with van der Waals surface area (Å²) in [5, 5.41) is 14.6. The zero-order valence-electron chi connectivity index (χ0n) is 20.6. The van der Waals surface area contributed by atoms with Crippen molar-refractivity contribution in [2.45, 2.75) is 31.0 Å². The molecule has 39 heavy (non-hydrogen) atoms. The maximum absolute atomic E-state index is 13.0. The van der Waals surface area contributed by atoms with E-state index < -0.39 is 23.3 Å². The van der Waals surface area contributed by atoms with Crippen LogP contribution in [0.2, 0.25) is 0 Å². The number of amides is 1.